The van der Waals surface area contributed by atoms with Gasteiger partial charge in [0.05, 0.1) is 23.3 Å². The van der Waals surface area contributed by atoms with Crippen molar-refractivity contribution in [3.05, 3.63) is 76.5 Å². The third-order valence-corrected chi connectivity index (χ3v) is 4.93. The van der Waals surface area contributed by atoms with Crippen molar-refractivity contribution in [1.82, 2.24) is 35.1 Å². The zero-order valence-corrected chi connectivity index (χ0v) is 18.3. The van der Waals surface area contributed by atoms with E-state index in [1.165, 1.54) is 13.1 Å². The van der Waals surface area contributed by atoms with Crippen LogP contribution >= 0.6 is 0 Å². The van der Waals surface area contributed by atoms with Gasteiger partial charge in [-0.25, -0.2) is 10.1 Å². The minimum absolute atomic E-state index is 0.00937. The van der Waals surface area contributed by atoms with E-state index in [1.54, 1.807) is 4.68 Å². The summed E-state index contributed by atoms with van der Waals surface area (Å²) in [6.45, 7) is 4.97. The Labute approximate surface area is 191 Å². The lowest BCUT2D eigenvalue weighted by molar-refractivity contribution is -0.141. The van der Waals surface area contributed by atoms with Gasteiger partial charge in [0.1, 0.15) is 6.54 Å². The highest BCUT2D eigenvalue weighted by Crippen LogP contribution is 2.28. The zero-order valence-electron chi connectivity index (χ0n) is 18.3. The Balaban J connectivity index is 1.42. The SMILES string of the molecule is Cc1nn(-c2ccccc2)c(C)c1/C=N\NC(=O)c1nc(Cn2nc(C(F)(F)F)cc2C)no1. The molecule has 1 amide bonds. The molecule has 0 spiro atoms. The van der Waals surface area contributed by atoms with Gasteiger partial charge in [-0.05, 0) is 39.0 Å². The Morgan fingerprint density at radius 2 is 1.91 bits per heavy atom. The predicted octanol–water partition coefficient (Wildman–Crippen LogP) is 3.21. The second kappa shape index (κ2) is 8.92. The molecule has 1 aromatic carbocycles. The molecule has 0 aliphatic carbocycles. The maximum atomic E-state index is 12.8. The molecule has 0 fully saturated rings. The van der Waals surface area contributed by atoms with Crippen LogP contribution in [0.25, 0.3) is 5.69 Å². The van der Waals surface area contributed by atoms with Crippen molar-refractivity contribution in [2.75, 3.05) is 0 Å². The fourth-order valence-electron chi connectivity index (χ4n) is 3.22. The second-order valence-electron chi connectivity index (χ2n) is 7.37. The Hall–Kier alpha value is -4.29. The Kier molecular flexibility index (Phi) is 6.01. The molecule has 0 saturated heterocycles. The van der Waals surface area contributed by atoms with Crippen LogP contribution < -0.4 is 5.43 Å². The van der Waals surface area contributed by atoms with Crippen molar-refractivity contribution in [2.24, 2.45) is 5.10 Å². The summed E-state index contributed by atoms with van der Waals surface area (Å²) in [5, 5.41) is 15.5. The molecule has 0 saturated carbocycles. The Bertz CT molecular complexity index is 1350. The highest BCUT2D eigenvalue weighted by Gasteiger charge is 2.34. The number of aromatic nitrogens is 6. The number of nitrogens with zero attached hydrogens (tertiary/aromatic N) is 7. The first-order chi connectivity index (χ1) is 16.1. The van der Waals surface area contributed by atoms with E-state index in [0.29, 0.717) is 5.69 Å². The fraction of sp³-hybridized carbons (Fsp3) is 0.238. The second-order valence-corrected chi connectivity index (χ2v) is 7.37. The number of aryl methyl sites for hydroxylation is 2. The van der Waals surface area contributed by atoms with Crippen LogP contribution in [0.5, 0.6) is 0 Å². The van der Waals surface area contributed by atoms with E-state index in [9.17, 15) is 18.0 Å². The lowest BCUT2D eigenvalue weighted by Gasteiger charge is -2.03. The molecule has 0 bridgehead atoms. The zero-order chi connectivity index (χ0) is 24.5. The minimum atomic E-state index is -4.56. The number of hydrogen-bond acceptors (Lipinski definition) is 7. The van der Waals surface area contributed by atoms with Gasteiger partial charge in [-0.2, -0.15) is 33.5 Å². The van der Waals surface area contributed by atoms with Crippen LogP contribution in [0, 0.1) is 20.8 Å². The summed E-state index contributed by atoms with van der Waals surface area (Å²) in [6, 6.07) is 10.5. The number of carbonyl (C=O) groups excluding carboxylic acids is 1. The van der Waals surface area contributed by atoms with Gasteiger partial charge in [0.25, 0.3) is 0 Å². The van der Waals surface area contributed by atoms with Crippen molar-refractivity contribution >= 4 is 12.1 Å². The maximum absolute atomic E-state index is 12.8. The molecule has 4 rings (SSSR count). The highest BCUT2D eigenvalue weighted by atomic mass is 19.4. The number of alkyl halides is 3. The highest BCUT2D eigenvalue weighted by molar-refractivity contribution is 5.91. The molecule has 0 aliphatic heterocycles. The number of carbonyl (C=O) groups is 1. The lowest BCUT2D eigenvalue weighted by Crippen LogP contribution is -2.18. The van der Waals surface area contributed by atoms with Crippen LogP contribution in [0.15, 0.2) is 46.0 Å². The molecule has 0 aliphatic rings. The molecular weight excluding hydrogens is 453 g/mol. The van der Waals surface area contributed by atoms with Gasteiger partial charge in [-0.15, -0.1) is 0 Å². The first-order valence-electron chi connectivity index (χ1n) is 10.0. The van der Waals surface area contributed by atoms with Crippen molar-refractivity contribution < 1.29 is 22.5 Å². The van der Waals surface area contributed by atoms with Crippen LogP contribution in [-0.4, -0.2) is 41.8 Å². The molecule has 10 nitrogen and oxygen atoms in total. The molecule has 0 radical (unpaired) electrons. The van der Waals surface area contributed by atoms with Crippen molar-refractivity contribution in [3.8, 4) is 5.69 Å². The van der Waals surface area contributed by atoms with Gasteiger partial charge in [0.2, 0.25) is 0 Å². The van der Waals surface area contributed by atoms with Crippen LogP contribution in [0.3, 0.4) is 0 Å². The lowest BCUT2D eigenvalue weighted by atomic mass is 10.2. The minimum Gasteiger partial charge on any atom is -0.328 e. The molecule has 3 heterocycles. The smallest absolute Gasteiger partial charge is 0.328 e. The van der Waals surface area contributed by atoms with Gasteiger partial charge in [0, 0.05) is 11.3 Å². The van der Waals surface area contributed by atoms with Crippen molar-refractivity contribution in [2.45, 2.75) is 33.5 Å². The Morgan fingerprint density at radius 3 is 2.59 bits per heavy atom. The van der Waals surface area contributed by atoms with E-state index in [4.69, 9.17) is 4.52 Å². The summed E-state index contributed by atoms with van der Waals surface area (Å²) in [7, 11) is 0. The number of amides is 1. The standard InChI is InChI=1S/C21H19F3N8O2/c1-12-9-17(21(22,23)24)29-31(12)11-18-26-20(34-30-18)19(33)27-25-10-16-13(2)28-32(14(16)3)15-7-5-4-6-8-15/h4-10H,11H2,1-3H3,(H,27,33)/b25-10-. The predicted molar refractivity (Wildman–Crippen MR) is 113 cm³/mol. The van der Waals surface area contributed by atoms with E-state index in [-0.39, 0.29) is 24.0 Å². The molecule has 3 aromatic heterocycles. The van der Waals surface area contributed by atoms with E-state index in [0.717, 1.165) is 27.7 Å². The molecular formula is C21H19F3N8O2. The number of hydrogen-bond donors (Lipinski definition) is 1. The number of rotatable bonds is 6. The van der Waals surface area contributed by atoms with E-state index < -0.39 is 17.8 Å². The average Bonchev–Trinajstić information content (AvgIpc) is 3.48. The van der Waals surface area contributed by atoms with E-state index in [2.05, 4.69) is 30.9 Å². The number of nitrogens with one attached hydrogen (secondary N) is 1. The molecule has 1 N–H and O–H groups in total. The summed E-state index contributed by atoms with van der Waals surface area (Å²) >= 11 is 0. The summed E-state index contributed by atoms with van der Waals surface area (Å²) in [4.78, 5) is 16.2. The molecule has 0 atom stereocenters. The average molecular weight is 472 g/mol. The van der Waals surface area contributed by atoms with E-state index >= 15 is 0 Å². The van der Waals surface area contributed by atoms with Gasteiger partial charge >= 0.3 is 18.0 Å². The molecule has 4 aromatic rings. The first-order valence-corrected chi connectivity index (χ1v) is 10.0. The van der Waals surface area contributed by atoms with Gasteiger partial charge in [0.15, 0.2) is 11.5 Å². The topological polar surface area (TPSA) is 116 Å². The normalized spacial score (nSPS) is 11.9. The molecule has 0 unspecified atom stereocenters. The van der Waals surface area contributed by atoms with Crippen LogP contribution in [0.2, 0.25) is 0 Å². The quantitative estimate of drug-likeness (QED) is 0.340. The van der Waals surface area contributed by atoms with Crippen LogP contribution in [-0.2, 0) is 12.7 Å². The van der Waals surface area contributed by atoms with Crippen LogP contribution in [0.1, 0.15) is 44.8 Å². The number of para-hydroxylation sites is 1. The summed E-state index contributed by atoms with van der Waals surface area (Å²) in [5.41, 5.74) is 4.68. The number of hydrazone groups is 1. The maximum Gasteiger partial charge on any atom is 0.435 e. The first kappa shape index (κ1) is 22.9. The van der Waals surface area contributed by atoms with E-state index in [1.807, 2.05) is 44.2 Å². The van der Waals surface area contributed by atoms with Crippen molar-refractivity contribution in [1.29, 1.82) is 0 Å². The third kappa shape index (κ3) is 4.72. The molecule has 13 heteroatoms. The molecule has 176 valence electrons. The van der Waals surface area contributed by atoms with Crippen molar-refractivity contribution in [3.63, 3.8) is 0 Å². The monoisotopic (exact) mass is 472 g/mol. The molecule has 34 heavy (non-hydrogen) atoms. The Morgan fingerprint density at radius 1 is 1.18 bits per heavy atom. The summed E-state index contributed by atoms with van der Waals surface area (Å²) < 4.78 is 46.2. The summed E-state index contributed by atoms with van der Waals surface area (Å²) in [5.74, 6) is -1.17. The third-order valence-electron chi connectivity index (χ3n) is 4.93. The number of halogens is 3. The van der Waals surface area contributed by atoms with Gasteiger partial charge in [-0.3, -0.25) is 9.48 Å². The fourth-order valence-corrected chi connectivity index (χ4v) is 3.22. The number of benzene rings is 1. The summed E-state index contributed by atoms with van der Waals surface area (Å²) in [6.07, 6.45) is -3.11. The largest absolute Gasteiger partial charge is 0.435 e. The van der Waals surface area contributed by atoms with Gasteiger partial charge in [-0.1, -0.05) is 23.4 Å². The van der Waals surface area contributed by atoms with Crippen LogP contribution in [0.4, 0.5) is 13.2 Å². The van der Waals surface area contributed by atoms with Gasteiger partial charge < -0.3 is 4.52 Å².